The van der Waals surface area contributed by atoms with Gasteiger partial charge in [0.05, 0.1) is 6.54 Å². The third-order valence-electron chi connectivity index (χ3n) is 2.70. The van der Waals surface area contributed by atoms with Gasteiger partial charge >= 0.3 is 5.91 Å². The summed E-state index contributed by atoms with van der Waals surface area (Å²) in [6.07, 6.45) is 3.50. The molecule has 1 fully saturated rings. The number of furan rings is 1. The quantitative estimate of drug-likeness (QED) is 0.797. The van der Waals surface area contributed by atoms with Gasteiger partial charge in [0.15, 0.2) is 5.76 Å². The average molecular weight is 223 g/mol. The Kier molecular flexibility index (Phi) is 3.58. The normalized spacial score (nSPS) is 17.3. The van der Waals surface area contributed by atoms with Crippen LogP contribution < -0.4 is 11.2 Å². The van der Waals surface area contributed by atoms with Crippen LogP contribution in [0.5, 0.6) is 0 Å². The van der Waals surface area contributed by atoms with Crippen LogP contribution in [0, 0.1) is 0 Å². The number of carbonyl (C=O) groups is 1. The van der Waals surface area contributed by atoms with Crippen molar-refractivity contribution in [1.82, 2.24) is 10.4 Å². The molecule has 0 aliphatic carbocycles. The number of hydrazine groups is 1. The van der Waals surface area contributed by atoms with Crippen LogP contribution in [-0.2, 0) is 6.54 Å². The van der Waals surface area contributed by atoms with Gasteiger partial charge < -0.3 is 10.2 Å². The van der Waals surface area contributed by atoms with Crippen LogP contribution in [-0.4, -0.2) is 24.0 Å². The molecule has 1 saturated heterocycles. The van der Waals surface area contributed by atoms with Crippen molar-refractivity contribution >= 4 is 5.91 Å². The van der Waals surface area contributed by atoms with Gasteiger partial charge in [-0.05, 0) is 25.0 Å². The maximum absolute atomic E-state index is 11.8. The number of amides is 1. The Morgan fingerprint density at radius 3 is 2.75 bits per heavy atom. The van der Waals surface area contributed by atoms with Gasteiger partial charge in [0.1, 0.15) is 5.76 Å². The van der Waals surface area contributed by atoms with Crippen molar-refractivity contribution in [2.75, 3.05) is 13.1 Å². The van der Waals surface area contributed by atoms with Crippen LogP contribution in [0.15, 0.2) is 16.5 Å². The molecule has 1 amide bonds. The lowest BCUT2D eigenvalue weighted by molar-refractivity contribution is 0.0719. The van der Waals surface area contributed by atoms with Crippen LogP contribution in [0.4, 0.5) is 0 Å². The SMILES string of the molecule is NCc1ccc(C(=O)NN2CCCCC2)o1. The topological polar surface area (TPSA) is 71.5 Å². The third-order valence-corrected chi connectivity index (χ3v) is 2.70. The van der Waals surface area contributed by atoms with Crippen molar-refractivity contribution in [3.8, 4) is 0 Å². The molecule has 1 aliphatic heterocycles. The third kappa shape index (κ3) is 2.62. The standard InChI is InChI=1S/C11H17N3O2/c12-8-9-4-5-10(16-9)11(15)13-14-6-2-1-3-7-14/h4-5H,1-3,6-8,12H2,(H,13,15). The summed E-state index contributed by atoms with van der Waals surface area (Å²) in [5.74, 6) is 0.761. The van der Waals surface area contributed by atoms with Crippen molar-refractivity contribution in [2.45, 2.75) is 25.8 Å². The first-order valence-corrected chi connectivity index (χ1v) is 5.64. The molecule has 5 nitrogen and oxygen atoms in total. The van der Waals surface area contributed by atoms with E-state index in [4.69, 9.17) is 10.2 Å². The van der Waals surface area contributed by atoms with E-state index in [9.17, 15) is 4.79 Å². The Morgan fingerprint density at radius 2 is 2.12 bits per heavy atom. The lowest BCUT2D eigenvalue weighted by Gasteiger charge is -2.26. The predicted molar refractivity (Wildman–Crippen MR) is 59.5 cm³/mol. The van der Waals surface area contributed by atoms with Crippen LogP contribution in [0.2, 0.25) is 0 Å². The molecule has 1 aromatic heterocycles. The molecule has 2 rings (SSSR count). The minimum atomic E-state index is -0.193. The van der Waals surface area contributed by atoms with Crippen LogP contribution in [0.25, 0.3) is 0 Å². The van der Waals surface area contributed by atoms with Gasteiger partial charge in [0.25, 0.3) is 0 Å². The summed E-state index contributed by atoms with van der Waals surface area (Å²) in [7, 11) is 0. The van der Waals surface area contributed by atoms with Gasteiger partial charge in [-0.15, -0.1) is 0 Å². The van der Waals surface area contributed by atoms with E-state index in [2.05, 4.69) is 5.43 Å². The number of piperidine rings is 1. The Hall–Kier alpha value is -1.33. The second-order valence-electron chi connectivity index (χ2n) is 3.96. The van der Waals surface area contributed by atoms with E-state index < -0.39 is 0 Å². The number of hydrogen-bond donors (Lipinski definition) is 2. The number of rotatable bonds is 3. The van der Waals surface area contributed by atoms with Crippen molar-refractivity contribution in [3.05, 3.63) is 23.7 Å². The smallest absolute Gasteiger partial charge is 0.301 e. The largest absolute Gasteiger partial charge is 0.455 e. The molecule has 88 valence electrons. The molecule has 0 atom stereocenters. The second-order valence-corrected chi connectivity index (χ2v) is 3.96. The molecule has 5 heteroatoms. The van der Waals surface area contributed by atoms with Gasteiger partial charge in [-0.1, -0.05) is 6.42 Å². The predicted octanol–water partition coefficient (Wildman–Crippen LogP) is 0.869. The van der Waals surface area contributed by atoms with E-state index in [1.54, 1.807) is 12.1 Å². The summed E-state index contributed by atoms with van der Waals surface area (Å²) in [4.78, 5) is 11.8. The van der Waals surface area contributed by atoms with Gasteiger partial charge in [-0.25, -0.2) is 5.01 Å². The number of carbonyl (C=O) groups excluding carboxylic acids is 1. The summed E-state index contributed by atoms with van der Waals surface area (Å²) in [5.41, 5.74) is 8.24. The van der Waals surface area contributed by atoms with Gasteiger partial charge in [-0.2, -0.15) is 0 Å². The molecule has 0 bridgehead atoms. The lowest BCUT2D eigenvalue weighted by Crippen LogP contribution is -2.44. The molecular weight excluding hydrogens is 206 g/mol. The van der Waals surface area contributed by atoms with E-state index in [0.29, 0.717) is 18.1 Å². The molecular formula is C11H17N3O2. The molecule has 3 N–H and O–H groups in total. The summed E-state index contributed by atoms with van der Waals surface area (Å²) in [5, 5.41) is 1.94. The minimum absolute atomic E-state index is 0.193. The van der Waals surface area contributed by atoms with Crippen molar-refractivity contribution < 1.29 is 9.21 Å². The zero-order valence-electron chi connectivity index (χ0n) is 9.24. The fraction of sp³-hybridized carbons (Fsp3) is 0.545. The Balaban J connectivity index is 1.91. The summed E-state index contributed by atoms with van der Waals surface area (Å²) >= 11 is 0. The monoisotopic (exact) mass is 223 g/mol. The first-order valence-electron chi connectivity index (χ1n) is 5.64. The summed E-state index contributed by atoms with van der Waals surface area (Å²) < 4.78 is 5.27. The number of nitrogens with zero attached hydrogens (tertiary/aromatic N) is 1. The molecule has 1 aliphatic rings. The highest BCUT2D eigenvalue weighted by molar-refractivity contribution is 5.91. The molecule has 2 heterocycles. The summed E-state index contributed by atoms with van der Waals surface area (Å²) in [6, 6.07) is 3.38. The van der Waals surface area contributed by atoms with E-state index in [1.165, 1.54) is 6.42 Å². The van der Waals surface area contributed by atoms with Gasteiger partial charge in [0, 0.05) is 13.1 Å². The van der Waals surface area contributed by atoms with E-state index in [1.807, 2.05) is 5.01 Å². The van der Waals surface area contributed by atoms with Crippen LogP contribution >= 0.6 is 0 Å². The lowest BCUT2D eigenvalue weighted by atomic mass is 10.2. The molecule has 1 aromatic rings. The fourth-order valence-electron chi connectivity index (χ4n) is 1.81. The van der Waals surface area contributed by atoms with E-state index in [-0.39, 0.29) is 5.91 Å². The minimum Gasteiger partial charge on any atom is -0.455 e. The molecule has 0 spiro atoms. The molecule has 0 saturated carbocycles. The van der Waals surface area contributed by atoms with E-state index in [0.717, 1.165) is 25.9 Å². The maximum Gasteiger partial charge on any atom is 0.301 e. The number of nitrogens with one attached hydrogen (secondary N) is 1. The van der Waals surface area contributed by atoms with Gasteiger partial charge in [-0.3, -0.25) is 10.2 Å². The van der Waals surface area contributed by atoms with Crippen molar-refractivity contribution in [2.24, 2.45) is 5.73 Å². The van der Waals surface area contributed by atoms with Gasteiger partial charge in [0.2, 0.25) is 0 Å². The van der Waals surface area contributed by atoms with Crippen LogP contribution in [0.1, 0.15) is 35.6 Å². The number of nitrogens with two attached hydrogens (primary N) is 1. The molecule has 0 radical (unpaired) electrons. The highest BCUT2D eigenvalue weighted by Gasteiger charge is 2.16. The molecule has 0 unspecified atom stereocenters. The highest BCUT2D eigenvalue weighted by atomic mass is 16.4. The molecule has 16 heavy (non-hydrogen) atoms. The Bertz CT molecular complexity index is 356. The maximum atomic E-state index is 11.8. The first-order chi connectivity index (χ1) is 7.79. The fourth-order valence-corrected chi connectivity index (χ4v) is 1.81. The van der Waals surface area contributed by atoms with Crippen molar-refractivity contribution in [3.63, 3.8) is 0 Å². The number of hydrogen-bond acceptors (Lipinski definition) is 4. The van der Waals surface area contributed by atoms with Crippen LogP contribution in [0.3, 0.4) is 0 Å². The summed E-state index contributed by atoms with van der Waals surface area (Å²) in [6.45, 7) is 2.14. The highest BCUT2D eigenvalue weighted by Crippen LogP contribution is 2.09. The first kappa shape index (κ1) is 11.2. The Morgan fingerprint density at radius 1 is 1.38 bits per heavy atom. The zero-order chi connectivity index (χ0) is 11.4. The second kappa shape index (κ2) is 5.14. The zero-order valence-corrected chi connectivity index (χ0v) is 9.24. The van der Waals surface area contributed by atoms with Crippen molar-refractivity contribution in [1.29, 1.82) is 0 Å². The van der Waals surface area contributed by atoms with E-state index >= 15 is 0 Å². The molecule has 0 aromatic carbocycles. The Labute approximate surface area is 94.6 Å². The average Bonchev–Trinajstić information content (AvgIpc) is 2.79.